The quantitative estimate of drug-likeness (QED) is 0.401. The van der Waals surface area contributed by atoms with Crippen LogP contribution in [-0.2, 0) is 19.2 Å². The van der Waals surface area contributed by atoms with Crippen molar-refractivity contribution >= 4 is 23.4 Å². The number of rotatable bonds is 1. The Morgan fingerprint density at radius 2 is 1.89 bits per heavy atom. The minimum Gasteiger partial charge on any atom is -0.507 e. The number of fused-ring (bicyclic) bond motifs is 7. The Balaban J connectivity index is 1.49. The molecule has 37 heavy (non-hydrogen) atoms. The molecule has 8 nitrogen and oxygen atoms in total. The Hall–Kier alpha value is -2.74. The molecule has 9 atom stereocenters. The van der Waals surface area contributed by atoms with Gasteiger partial charge in [-0.2, -0.15) is 0 Å². The molecule has 8 heteroatoms. The fourth-order valence-corrected chi connectivity index (χ4v) is 8.20. The maximum atomic E-state index is 13.6. The van der Waals surface area contributed by atoms with E-state index in [1.165, 1.54) is 12.2 Å². The van der Waals surface area contributed by atoms with E-state index in [0.29, 0.717) is 31.7 Å². The molecule has 3 saturated carbocycles. The third kappa shape index (κ3) is 4.27. The van der Waals surface area contributed by atoms with Crippen LogP contribution in [0.1, 0.15) is 58.8 Å². The molecule has 2 heterocycles. The smallest absolute Gasteiger partial charge is 0.259 e. The Morgan fingerprint density at radius 1 is 1.11 bits per heavy atom. The molecule has 2 aliphatic heterocycles. The number of amides is 2. The van der Waals surface area contributed by atoms with E-state index in [1.807, 2.05) is 6.08 Å². The lowest BCUT2D eigenvalue weighted by atomic mass is 9.61. The monoisotopic (exact) mass is 510 g/mol. The van der Waals surface area contributed by atoms with Gasteiger partial charge < -0.3 is 20.8 Å². The topological polar surface area (TPSA) is 133 Å². The van der Waals surface area contributed by atoms with E-state index in [9.17, 15) is 29.4 Å². The Kier molecular flexibility index (Phi) is 6.90. The van der Waals surface area contributed by atoms with Gasteiger partial charge in [-0.1, -0.05) is 32.4 Å². The second-order valence-electron chi connectivity index (χ2n) is 11.7. The predicted molar refractivity (Wildman–Crippen MR) is 136 cm³/mol. The lowest BCUT2D eigenvalue weighted by Gasteiger charge is -2.44. The van der Waals surface area contributed by atoms with Crippen LogP contribution in [0.5, 0.6) is 0 Å². The van der Waals surface area contributed by atoms with Gasteiger partial charge in [0.2, 0.25) is 5.91 Å². The molecule has 1 saturated heterocycles. The number of allylic oxidation sites excluding steroid dienone is 3. The average Bonchev–Trinajstić information content (AvgIpc) is 3.41. The van der Waals surface area contributed by atoms with E-state index in [2.05, 4.69) is 24.5 Å². The van der Waals surface area contributed by atoms with Gasteiger partial charge in [0.1, 0.15) is 17.1 Å². The Morgan fingerprint density at radius 3 is 2.65 bits per heavy atom. The molecule has 0 radical (unpaired) electrons. The largest absolute Gasteiger partial charge is 0.507 e. The van der Waals surface area contributed by atoms with Crippen molar-refractivity contribution < 1.29 is 29.4 Å². The summed E-state index contributed by atoms with van der Waals surface area (Å²) in [6.07, 6.45) is 10.8. The van der Waals surface area contributed by atoms with Crippen molar-refractivity contribution in [2.45, 2.75) is 70.4 Å². The van der Waals surface area contributed by atoms with Gasteiger partial charge in [-0.05, 0) is 79.8 Å². The molecule has 0 spiro atoms. The number of ketones is 2. The highest BCUT2D eigenvalue weighted by molar-refractivity contribution is 6.27. The summed E-state index contributed by atoms with van der Waals surface area (Å²) < 4.78 is 0. The first-order valence-corrected chi connectivity index (χ1v) is 13.8. The molecule has 5 aliphatic rings. The third-order valence-corrected chi connectivity index (χ3v) is 10.1. The molecule has 0 aromatic heterocycles. The zero-order valence-electron chi connectivity index (χ0n) is 21.6. The molecule has 3 aliphatic carbocycles. The van der Waals surface area contributed by atoms with Crippen molar-refractivity contribution in [2.24, 2.45) is 41.4 Å². The molecule has 0 aromatic rings. The lowest BCUT2D eigenvalue weighted by molar-refractivity contribution is -0.145. The molecule has 2 amide bonds. The highest BCUT2D eigenvalue weighted by Crippen LogP contribution is 2.63. The van der Waals surface area contributed by atoms with Gasteiger partial charge in [-0.3, -0.25) is 19.2 Å². The van der Waals surface area contributed by atoms with Crippen LogP contribution in [0.15, 0.2) is 35.6 Å². The maximum absolute atomic E-state index is 13.6. The minimum atomic E-state index is -0.999. The van der Waals surface area contributed by atoms with Gasteiger partial charge in [-0.15, -0.1) is 0 Å². The standard InChI is InChI=1S/C29H38N2O6/c1-3-16-12-18-14-20-19-6-4-8-24(34)30-11-5-7-21-27(35)25(28(36)31-21)22(32)10-9-17(19)13-23(33)26(20)29(18,37)15(16)2/h4,8-10,15-21,26,32,37H,3,5-7,11-14H2,1-2H3,(H,30,34)(H,31,36)/b8-4+,10-9-,25-22?/t15-,16-,17-,18+,19-,20+,21-,26+,29-/m0/s1. The van der Waals surface area contributed by atoms with E-state index in [0.717, 1.165) is 19.3 Å². The maximum Gasteiger partial charge on any atom is 0.259 e. The summed E-state index contributed by atoms with van der Waals surface area (Å²) in [4.78, 5) is 51.2. The normalized spacial score (nSPS) is 44.1. The summed E-state index contributed by atoms with van der Waals surface area (Å²) in [5.74, 6) is -1.80. The van der Waals surface area contributed by atoms with Gasteiger partial charge in [-0.25, -0.2) is 0 Å². The summed E-state index contributed by atoms with van der Waals surface area (Å²) in [5.41, 5.74) is -1.25. The third-order valence-electron chi connectivity index (χ3n) is 10.1. The van der Waals surface area contributed by atoms with E-state index in [1.54, 1.807) is 6.08 Å². The summed E-state index contributed by atoms with van der Waals surface area (Å²) >= 11 is 0. The Labute approximate surface area is 217 Å². The minimum absolute atomic E-state index is 0.0172. The van der Waals surface area contributed by atoms with Crippen LogP contribution in [0.2, 0.25) is 0 Å². The van der Waals surface area contributed by atoms with Gasteiger partial charge in [0.15, 0.2) is 5.78 Å². The van der Waals surface area contributed by atoms with Crippen molar-refractivity contribution in [3.8, 4) is 0 Å². The molecule has 0 unspecified atom stereocenters. The number of aliphatic hydroxyl groups excluding tert-OH is 1. The van der Waals surface area contributed by atoms with E-state index < -0.39 is 29.3 Å². The summed E-state index contributed by atoms with van der Waals surface area (Å²) in [7, 11) is 0. The highest BCUT2D eigenvalue weighted by Gasteiger charge is 2.66. The van der Waals surface area contributed by atoms with Crippen molar-refractivity contribution in [2.75, 3.05) is 6.54 Å². The fourth-order valence-electron chi connectivity index (χ4n) is 8.20. The van der Waals surface area contributed by atoms with Crippen LogP contribution in [0.3, 0.4) is 0 Å². The van der Waals surface area contributed by atoms with Gasteiger partial charge in [0, 0.05) is 13.0 Å². The number of hydrogen-bond acceptors (Lipinski definition) is 6. The lowest BCUT2D eigenvalue weighted by Crippen LogP contribution is -2.51. The molecule has 4 fully saturated rings. The van der Waals surface area contributed by atoms with Gasteiger partial charge in [0.25, 0.3) is 5.91 Å². The van der Waals surface area contributed by atoms with Crippen LogP contribution in [0.25, 0.3) is 0 Å². The molecule has 2 bridgehead atoms. The van der Waals surface area contributed by atoms with E-state index >= 15 is 0 Å². The van der Waals surface area contributed by atoms with Crippen LogP contribution < -0.4 is 10.6 Å². The molecule has 0 aromatic carbocycles. The SMILES string of the molecule is CC[C@H]1C[C@@H]2C[C@@H]3[C@H]4C/C=C/C(=O)NCCC[C@@H]5NC(=O)C(=C(O)/C=C\[C@H]4CC(=O)[C@@H]3[C@]2(O)[C@H]1C)C5=O. The molecule has 5 rings (SSSR count). The van der Waals surface area contributed by atoms with Crippen molar-refractivity contribution in [1.29, 1.82) is 0 Å². The predicted octanol–water partition coefficient (Wildman–Crippen LogP) is 2.53. The first-order valence-electron chi connectivity index (χ1n) is 13.8. The van der Waals surface area contributed by atoms with Crippen LogP contribution in [-0.4, -0.2) is 51.8 Å². The zero-order valence-corrected chi connectivity index (χ0v) is 21.6. The first-order chi connectivity index (χ1) is 17.7. The van der Waals surface area contributed by atoms with Crippen molar-refractivity contribution in [3.05, 3.63) is 35.6 Å². The first kappa shape index (κ1) is 25.9. The van der Waals surface area contributed by atoms with Crippen LogP contribution >= 0.6 is 0 Å². The molecular formula is C29H38N2O6. The zero-order chi connectivity index (χ0) is 26.5. The summed E-state index contributed by atoms with van der Waals surface area (Å²) in [6, 6.07) is -0.726. The van der Waals surface area contributed by atoms with Crippen LogP contribution in [0, 0.1) is 41.4 Å². The molecule has 200 valence electrons. The van der Waals surface area contributed by atoms with Gasteiger partial charge >= 0.3 is 0 Å². The van der Waals surface area contributed by atoms with Crippen molar-refractivity contribution in [3.63, 3.8) is 0 Å². The number of nitrogens with one attached hydrogen (secondary N) is 2. The molecular weight excluding hydrogens is 472 g/mol. The van der Waals surface area contributed by atoms with E-state index in [4.69, 9.17) is 0 Å². The van der Waals surface area contributed by atoms with Gasteiger partial charge in [0.05, 0.1) is 17.6 Å². The number of hydrogen-bond donors (Lipinski definition) is 4. The number of Topliss-reactive ketones (excluding diaryl/α,β-unsaturated/α-hetero) is 2. The second-order valence-corrected chi connectivity index (χ2v) is 11.7. The Bertz CT molecular complexity index is 1090. The average molecular weight is 511 g/mol. The van der Waals surface area contributed by atoms with E-state index in [-0.39, 0.29) is 59.0 Å². The van der Waals surface area contributed by atoms with Crippen molar-refractivity contribution in [1.82, 2.24) is 10.6 Å². The number of carbonyl (C=O) groups is 4. The van der Waals surface area contributed by atoms with Crippen LogP contribution in [0.4, 0.5) is 0 Å². The number of aliphatic hydroxyl groups is 2. The number of carbonyl (C=O) groups excluding carboxylic acids is 4. The fraction of sp³-hybridized carbons (Fsp3) is 0.655. The summed E-state index contributed by atoms with van der Waals surface area (Å²) in [5, 5.41) is 28.1. The second kappa shape index (κ2) is 9.86. The highest BCUT2D eigenvalue weighted by atomic mass is 16.3. The summed E-state index contributed by atoms with van der Waals surface area (Å²) in [6.45, 7) is 4.59. The molecule has 4 N–H and O–H groups in total.